The highest BCUT2D eigenvalue weighted by Gasteiger charge is 2.10. The highest BCUT2D eigenvalue weighted by atomic mass is 16.1. The normalized spacial score (nSPS) is 7.48. The highest BCUT2D eigenvalue weighted by molar-refractivity contribution is 6.11. The average molecular weight is 318 g/mol. The first kappa shape index (κ1) is 25.8. The van der Waals surface area contributed by atoms with Crippen molar-refractivity contribution < 1.29 is 4.79 Å². The van der Waals surface area contributed by atoms with Gasteiger partial charge in [0, 0.05) is 16.8 Å². The number of rotatable bonds is 2. The van der Waals surface area contributed by atoms with Crippen LogP contribution in [0.1, 0.15) is 71.3 Å². The number of para-hydroxylation sites is 1. The van der Waals surface area contributed by atoms with Crippen LogP contribution in [-0.4, -0.2) is 5.78 Å². The van der Waals surface area contributed by atoms with Gasteiger partial charge in [0.2, 0.25) is 0 Å². The summed E-state index contributed by atoms with van der Waals surface area (Å²) in [5.41, 5.74) is 7.48. The molecule has 0 aliphatic heterocycles. The number of carbonyl (C=O) groups is 1. The van der Waals surface area contributed by atoms with Crippen LogP contribution in [0.3, 0.4) is 0 Å². The van der Waals surface area contributed by atoms with Crippen molar-refractivity contribution in [2.24, 2.45) is 0 Å². The van der Waals surface area contributed by atoms with Crippen LogP contribution >= 0.6 is 0 Å². The number of ketones is 1. The molecule has 23 heavy (non-hydrogen) atoms. The molecule has 0 aliphatic rings. The lowest BCUT2D eigenvalue weighted by atomic mass is 10.0. The monoisotopic (exact) mass is 317 g/mol. The van der Waals surface area contributed by atoms with Gasteiger partial charge in [-0.2, -0.15) is 0 Å². The molecule has 0 aromatic heterocycles. The molecule has 0 radical (unpaired) electrons. The van der Waals surface area contributed by atoms with Crippen LogP contribution in [0, 0.1) is 0 Å². The number of hydrogen-bond donors (Lipinski definition) is 1. The van der Waals surface area contributed by atoms with Crippen LogP contribution in [0.15, 0.2) is 54.6 Å². The molecule has 0 amide bonds. The first-order valence-electron chi connectivity index (χ1n) is 8.73. The standard InChI is InChI=1S/C13H11NO.4C2H6/c14-12-9-5-4-8-11(12)13(15)10-6-2-1-3-7-10;4*1-2/h1-9H,14H2;4*1-2H3. The van der Waals surface area contributed by atoms with Crippen molar-refractivity contribution >= 4 is 11.5 Å². The van der Waals surface area contributed by atoms with E-state index >= 15 is 0 Å². The number of hydrogen-bond acceptors (Lipinski definition) is 2. The molecular formula is C21H35NO. The van der Waals surface area contributed by atoms with Gasteiger partial charge in [-0.3, -0.25) is 4.79 Å². The van der Waals surface area contributed by atoms with Crippen LogP contribution in [0.25, 0.3) is 0 Å². The number of nitrogen functional groups attached to an aromatic ring is 1. The maximum Gasteiger partial charge on any atom is 0.195 e. The lowest BCUT2D eigenvalue weighted by molar-refractivity contribution is 0.103. The molecule has 2 aromatic carbocycles. The molecule has 2 aromatic rings. The van der Waals surface area contributed by atoms with Gasteiger partial charge >= 0.3 is 0 Å². The SMILES string of the molecule is CC.CC.CC.CC.Nc1ccccc1C(=O)c1ccccc1. The minimum Gasteiger partial charge on any atom is -0.398 e. The Morgan fingerprint density at radius 2 is 1.04 bits per heavy atom. The van der Waals surface area contributed by atoms with E-state index in [4.69, 9.17) is 5.73 Å². The fraction of sp³-hybridized carbons (Fsp3) is 0.381. The Labute approximate surface area is 143 Å². The molecular weight excluding hydrogens is 282 g/mol. The zero-order valence-electron chi connectivity index (χ0n) is 16.2. The Bertz CT molecular complexity index is 478. The topological polar surface area (TPSA) is 43.1 Å². The van der Waals surface area contributed by atoms with Crippen LogP contribution in [0.5, 0.6) is 0 Å². The quantitative estimate of drug-likeness (QED) is 0.500. The second-order valence-electron chi connectivity index (χ2n) is 3.28. The summed E-state index contributed by atoms with van der Waals surface area (Å²) in [4.78, 5) is 12.0. The van der Waals surface area contributed by atoms with Crippen molar-refractivity contribution in [1.82, 2.24) is 0 Å². The van der Waals surface area contributed by atoms with Crippen molar-refractivity contribution in [3.05, 3.63) is 65.7 Å². The van der Waals surface area contributed by atoms with E-state index in [2.05, 4.69) is 0 Å². The number of anilines is 1. The van der Waals surface area contributed by atoms with E-state index in [0.717, 1.165) is 0 Å². The molecule has 0 spiro atoms. The van der Waals surface area contributed by atoms with Gasteiger partial charge in [0.05, 0.1) is 0 Å². The average Bonchev–Trinajstić information content (AvgIpc) is 2.69. The predicted molar refractivity (Wildman–Crippen MR) is 106 cm³/mol. The molecule has 0 aliphatic carbocycles. The summed E-state index contributed by atoms with van der Waals surface area (Å²) in [7, 11) is 0. The van der Waals surface area contributed by atoms with Crippen molar-refractivity contribution in [3.8, 4) is 0 Å². The summed E-state index contributed by atoms with van der Waals surface area (Å²) in [5.74, 6) is -0.0336. The summed E-state index contributed by atoms with van der Waals surface area (Å²) in [6.45, 7) is 16.0. The van der Waals surface area contributed by atoms with Gasteiger partial charge in [-0.25, -0.2) is 0 Å². The van der Waals surface area contributed by atoms with Gasteiger partial charge in [0.1, 0.15) is 0 Å². The van der Waals surface area contributed by atoms with E-state index in [1.807, 2.05) is 85.7 Å². The predicted octanol–water partition coefficient (Wildman–Crippen LogP) is 6.60. The number of carbonyl (C=O) groups excluding carboxylic acids is 1. The molecule has 0 saturated heterocycles. The third-order valence-electron chi connectivity index (χ3n) is 2.24. The number of benzene rings is 2. The Balaban J connectivity index is -0.000000438. The molecule has 130 valence electrons. The molecule has 2 rings (SSSR count). The Kier molecular flexibility index (Phi) is 22.4. The Hall–Kier alpha value is -2.09. The fourth-order valence-electron chi connectivity index (χ4n) is 1.45. The van der Waals surface area contributed by atoms with E-state index in [-0.39, 0.29) is 5.78 Å². The molecule has 0 unspecified atom stereocenters. The van der Waals surface area contributed by atoms with Crippen LogP contribution in [0.2, 0.25) is 0 Å². The maximum absolute atomic E-state index is 12.0. The summed E-state index contributed by atoms with van der Waals surface area (Å²) in [6, 6.07) is 16.2. The van der Waals surface area contributed by atoms with Crippen molar-refractivity contribution in [1.29, 1.82) is 0 Å². The number of nitrogens with two attached hydrogens (primary N) is 1. The summed E-state index contributed by atoms with van der Waals surface area (Å²) in [6.07, 6.45) is 0. The van der Waals surface area contributed by atoms with Crippen molar-refractivity contribution in [2.45, 2.75) is 55.4 Å². The zero-order valence-corrected chi connectivity index (χ0v) is 16.2. The van der Waals surface area contributed by atoms with Gasteiger partial charge in [-0.1, -0.05) is 97.9 Å². The van der Waals surface area contributed by atoms with Gasteiger partial charge in [0.25, 0.3) is 0 Å². The lowest BCUT2D eigenvalue weighted by Crippen LogP contribution is -2.04. The van der Waals surface area contributed by atoms with E-state index in [0.29, 0.717) is 16.8 Å². The molecule has 2 nitrogen and oxygen atoms in total. The Morgan fingerprint density at radius 1 is 0.652 bits per heavy atom. The lowest BCUT2D eigenvalue weighted by Gasteiger charge is -2.03. The Morgan fingerprint density at radius 3 is 1.48 bits per heavy atom. The first-order chi connectivity index (χ1) is 11.3. The first-order valence-corrected chi connectivity index (χ1v) is 8.73. The summed E-state index contributed by atoms with van der Waals surface area (Å²) < 4.78 is 0. The summed E-state index contributed by atoms with van der Waals surface area (Å²) in [5, 5.41) is 0. The molecule has 0 bridgehead atoms. The minimum absolute atomic E-state index is 0.0336. The van der Waals surface area contributed by atoms with E-state index in [9.17, 15) is 4.79 Å². The van der Waals surface area contributed by atoms with Crippen LogP contribution in [0.4, 0.5) is 5.69 Å². The van der Waals surface area contributed by atoms with Crippen LogP contribution in [-0.2, 0) is 0 Å². The smallest absolute Gasteiger partial charge is 0.195 e. The van der Waals surface area contributed by atoms with Gasteiger partial charge in [-0.15, -0.1) is 0 Å². The second kappa shape index (κ2) is 19.9. The van der Waals surface area contributed by atoms with E-state index in [1.165, 1.54) is 0 Å². The third-order valence-corrected chi connectivity index (χ3v) is 2.24. The summed E-state index contributed by atoms with van der Waals surface area (Å²) >= 11 is 0. The molecule has 0 saturated carbocycles. The van der Waals surface area contributed by atoms with Gasteiger partial charge < -0.3 is 5.73 Å². The molecule has 2 heteroatoms. The molecule has 0 heterocycles. The molecule has 2 N–H and O–H groups in total. The van der Waals surface area contributed by atoms with Gasteiger partial charge in [-0.05, 0) is 12.1 Å². The van der Waals surface area contributed by atoms with E-state index < -0.39 is 0 Å². The molecule has 0 fully saturated rings. The minimum atomic E-state index is -0.0336. The second-order valence-corrected chi connectivity index (χ2v) is 3.28. The highest BCUT2D eigenvalue weighted by Crippen LogP contribution is 2.15. The van der Waals surface area contributed by atoms with Crippen molar-refractivity contribution in [2.75, 3.05) is 5.73 Å². The largest absolute Gasteiger partial charge is 0.398 e. The molecule has 0 atom stereocenters. The third kappa shape index (κ3) is 10.3. The van der Waals surface area contributed by atoms with Crippen molar-refractivity contribution in [3.63, 3.8) is 0 Å². The zero-order chi connectivity index (χ0) is 18.7. The van der Waals surface area contributed by atoms with E-state index in [1.54, 1.807) is 24.3 Å². The van der Waals surface area contributed by atoms with Crippen LogP contribution < -0.4 is 5.73 Å². The van der Waals surface area contributed by atoms with Gasteiger partial charge in [0.15, 0.2) is 5.78 Å². The fourth-order valence-corrected chi connectivity index (χ4v) is 1.45. The maximum atomic E-state index is 12.0.